The van der Waals surface area contributed by atoms with Crippen LogP contribution in [0, 0.1) is 0 Å². The van der Waals surface area contributed by atoms with Crippen LogP contribution in [-0.2, 0) is 6.54 Å². The first kappa shape index (κ1) is 14.8. The minimum Gasteiger partial charge on any atom is -0.451 e. The molecule has 0 N–H and O–H groups in total. The van der Waals surface area contributed by atoms with E-state index in [0.29, 0.717) is 18.9 Å². The van der Waals surface area contributed by atoms with Gasteiger partial charge in [0, 0.05) is 51.2 Å². The molecule has 1 aliphatic heterocycles. The fraction of sp³-hybridized carbons (Fsp3) is 0.533. The Bertz CT molecular complexity index is 612. The van der Waals surface area contributed by atoms with E-state index >= 15 is 0 Å². The van der Waals surface area contributed by atoms with Crippen LogP contribution in [-0.4, -0.2) is 56.4 Å². The third-order valence-electron chi connectivity index (χ3n) is 3.94. The van der Waals surface area contributed by atoms with Crippen LogP contribution in [0.25, 0.3) is 0 Å². The highest BCUT2D eigenvalue weighted by Crippen LogP contribution is 2.13. The van der Waals surface area contributed by atoms with E-state index in [-0.39, 0.29) is 11.9 Å². The zero-order valence-electron chi connectivity index (χ0n) is 13.0. The van der Waals surface area contributed by atoms with E-state index in [2.05, 4.69) is 14.9 Å². The number of aromatic nitrogens is 3. The molecule has 0 saturated carbocycles. The SMILES string of the molecule is CC(C)n1ccnc1C(=O)N1CCN(Cc2cocn2)CC1. The van der Waals surface area contributed by atoms with Gasteiger partial charge in [-0.1, -0.05) is 0 Å². The first-order valence-corrected chi connectivity index (χ1v) is 7.56. The van der Waals surface area contributed by atoms with Crippen LogP contribution < -0.4 is 0 Å². The second-order valence-electron chi connectivity index (χ2n) is 5.80. The largest absolute Gasteiger partial charge is 0.451 e. The lowest BCUT2D eigenvalue weighted by atomic mass is 10.2. The number of hydrogen-bond donors (Lipinski definition) is 0. The van der Waals surface area contributed by atoms with Crippen molar-refractivity contribution in [3.63, 3.8) is 0 Å². The van der Waals surface area contributed by atoms with Gasteiger partial charge in [-0.05, 0) is 13.8 Å². The summed E-state index contributed by atoms with van der Waals surface area (Å²) >= 11 is 0. The number of nitrogens with zero attached hydrogens (tertiary/aromatic N) is 5. The molecular formula is C15H21N5O2. The monoisotopic (exact) mass is 303 g/mol. The molecule has 0 aliphatic carbocycles. The van der Waals surface area contributed by atoms with Crippen molar-refractivity contribution >= 4 is 5.91 Å². The minimum absolute atomic E-state index is 0.0137. The van der Waals surface area contributed by atoms with E-state index in [4.69, 9.17) is 4.42 Å². The first-order chi connectivity index (χ1) is 10.6. The molecule has 1 amide bonds. The van der Waals surface area contributed by atoms with Crippen LogP contribution in [0.4, 0.5) is 0 Å². The molecule has 7 nitrogen and oxygen atoms in total. The van der Waals surface area contributed by atoms with Crippen molar-refractivity contribution < 1.29 is 9.21 Å². The van der Waals surface area contributed by atoms with E-state index < -0.39 is 0 Å². The standard InChI is InChI=1S/C15H21N5O2/c1-12(2)20-4-3-16-14(20)15(21)19-7-5-18(6-8-19)9-13-10-22-11-17-13/h3-4,10-12H,5-9H2,1-2H3. The van der Waals surface area contributed by atoms with Gasteiger partial charge >= 0.3 is 0 Å². The molecule has 0 bridgehead atoms. The Hall–Kier alpha value is -2.15. The molecule has 0 unspecified atom stereocenters. The molecular weight excluding hydrogens is 282 g/mol. The lowest BCUT2D eigenvalue weighted by Crippen LogP contribution is -2.48. The maximum atomic E-state index is 12.6. The topological polar surface area (TPSA) is 67.4 Å². The van der Waals surface area contributed by atoms with Gasteiger partial charge in [0.15, 0.2) is 12.2 Å². The van der Waals surface area contributed by atoms with Crippen LogP contribution in [0.15, 0.2) is 29.5 Å². The molecule has 2 aromatic rings. The smallest absolute Gasteiger partial charge is 0.289 e. The molecule has 22 heavy (non-hydrogen) atoms. The van der Waals surface area contributed by atoms with Crippen molar-refractivity contribution in [2.45, 2.75) is 26.4 Å². The van der Waals surface area contributed by atoms with Gasteiger partial charge < -0.3 is 13.9 Å². The van der Waals surface area contributed by atoms with E-state index in [0.717, 1.165) is 25.3 Å². The van der Waals surface area contributed by atoms with Gasteiger partial charge in [-0.25, -0.2) is 9.97 Å². The lowest BCUT2D eigenvalue weighted by Gasteiger charge is -2.34. The Morgan fingerprint density at radius 3 is 2.68 bits per heavy atom. The van der Waals surface area contributed by atoms with Crippen molar-refractivity contribution in [3.05, 3.63) is 36.6 Å². The molecule has 1 fully saturated rings. The fourth-order valence-corrected chi connectivity index (χ4v) is 2.69. The average Bonchev–Trinajstić information content (AvgIpc) is 3.18. The molecule has 1 aliphatic rings. The summed E-state index contributed by atoms with van der Waals surface area (Å²) in [5, 5.41) is 0. The Kier molecular flexibility index (Phi) is 4.24. The van der Waals surface area contributed by atoms with Gasteiger partial charge in [-0.15, -0.1) is 0 Å². The van der Waals surface area contributed by atoms with Crippen LogP contribution in [0.3, 0.4) is 0 Å². The third kappa shape index (κ3) is 3.04. The Morgan fingerprint density at radius 2 is 2.05 bits per heavy atom. The summed E-state index contributed by atoms with van der Waals surface area (Å²) in [5.41, 5.74) is 0.926. The van der Waals surface area contributed by atoms with E-state index in [1.54, 1.807) is 12.5 Å². The van der Waals surface area contributed by atoms with Gasteiger partial charge in [0.2, 0.25) is 0 Å². The molecule has 118 valence electrons. The van der Waals surface area contributed by atoms with Crippen molar-refractivity contribution in [1.29, 1.82) is 0 Å². The lowest BCUT2D eigenvalue weighted by molar-refractivity contribution is 0.0608. The third-order valence-corrected chi connectivity index (χ3v) is 3.94. The maximum absolute atomic E-state index is 12.6. The molecule has 0 aromatic carbocycles. The predicted octanol–water partition coefficient (Wildman–Crippen LogP) is 1.41. The summed E-state index contributed by atoms with van der Waals surface area (Å²) in [6.45, 7) is 7.95. The molecule has 3 rings (SSSR count). The molecule has 1 saturated heterocycles. The van der Waals surface area contributed by atoms with Gasteiger partial charge in [0.05, 0.1) is 5.69 Å². The number of amides is 1. The molecule has 0 spiro atoms. The number of carbonyl (C=O) groups excluding carboxylic acids is 1. The Labute approximate surface area is 129 Å². The average molecular weight is 303 g/mol. The number of carbonyl (C=O) groups is 1. The number of imidazole rings is 1. The quantitative estimate of drug-likeness (QED) is 0.854. The van der Waals surface area contributed by atoms with E-state index in [1.807, 2.05) is 29.5 Å². The van der Waals surface area contributed by atoms with Crippen molar-refractivity contribution in [2.75, 3.05) is 26.2 Å². The maximum Gasteiger partial charge on any atom is 0.289 e. The van der Waals surface area contributed by atoms with Crippen molar-refractivity contribution in [2.24, 2.45) is 0 Å². The van der Waals surface area contributed by atoms with Crippen molar-refractivity contribution in [3.8, 4) is 0 Å². The molecule has 3 heterocycles. The number of piperazine rings is 1. The van der Waals surface area contributed by atoms with Gasteiger partial charge in [-0.3, -0.25) is 9.69 Å². The van der Waals surface area contributed by atoms with Crippen LogP contribution in [0.1, 0.15) is 36.2 Å². The summed E-state index contributed by atoms with van der Waals surface area (Å²) < 4.78 is 6.91. The molecule has 2 aromatic heterocycles. The second-order valence-corrected chi connectivity index (χ2v) is 5.80. The molecule has 0 radical (unpaired) electrons. The van der Waals surface area contributed by atoms with E-state index in [9.17, 15) is 4.79 Å². The minimum atomic E-state index is 0.0137. The summed E-state index contributed by atoms with van der Waals surface area (Å²) in [7, 11) is 0. The van der Waals surface area contributed by atoms with E-state index in [1.165, 1.54) is 6.39 Å². The zero-order chi connectivity index (χ0) is 15.5. The highest BCUT2D eigenvalue weighted by Gasteiger charge is 2.25. The second kappa shape index (κ2) is 6.31. The molecule has 7 heteroatoms. The van der Waals surface area contributed by atoms with Gasteiger partial charge in [0.25, 0.3) is 5.91 Å². The zero-order valence-corrected chi connectivity index (χ0v) is 13.0. The number of rotatable bonds is 4. The highest BCUT2D eigenvalue weighted by atomic mass is 16.3. The van der Waals surface area contributed by atoms with Gasteiger partial charge in [-0.2, -0.15) is 0 Å². The Balaban J connectivity index is 1.59. The first-order valence-electron chi connectivity index (χ1n) is 7.56. The summed E-state index contributed by atoms with van der Waals surface area (Å²) in [4.78, 5) is 25.1. The number of hydrogen-bond acceptors (Lipinski definition) is 5. The van der Waals surface area contributed by atoms with Crippen LogP contribution in [0.2, 0.25) is 0 Å². The molecule has 0 atom stereocenters. The summed E-state index contributed by atoms with van der Waals surface area (Å²) in [6.07, 6.45) is 6.66. The summed E-state index contributed by atoms with van der Waals surface area (Å²) in [5.74, 6) is 0.541. The highest BCUT2D eigenvalue weighted by molar-refractivity contribution is 5.91. The fourth-order valence-electron chi connectivity index (χ4n) is 2.69. The number of oxazole rings is 1. The summed E-state index contributed by atoms with van der Waals surface area (Å²) in [6, 6.07) is 0.231. The van der Waals surface area contributed by atoms with Crippen molar-refractivity contribution in [1.82, 2.24) is 24.3 Å². The van der Waals surface area contributed by atoms with Crippen LogP contribution >= 0.6 is 0 Å². The normalized spacial score (nSPS) is 16.4. The van der Waals surface area contributed by atoms with Crippen LogP contribution in [0.5, 0.6) is 0 Å². The van der Waals surface area contributed by atoms with Gasteiger partial charge in [0.1, 0.15) is 6.26 Å². The Morgan fingerprint density at radius 1 is 1.27 bits per heavy atom. The predicted molar refractivity (Wildman–Crippen MR) is 80.3 cm³/mol.